The molecule has 0 saturated heterocycles. The minimum absolute atomic E-state index is 0.331. The van der Waals surface area contributed by atoms with Crippen molar-refractivity contribution >= 4 is 11.0 Å². The molecule has 2 aromatic carbocycles. The molecule has 0 N–H and O–H groups in total. The Morgan fingerprint density at radius 1 is 1.00 bits per heavy atom. The molecule has 1 aromatic heterocycles. The first-order chi connectivity index (χ1) is 9.33. The van der Waals surface area contributed by atoms with Gasteiger partial charge < -0.3 is 9.94 Å². The van der Waals surface area contributed by atoms with E-state index in [9.17, 15) is 5.21 Å². The lowest BCUT2D eigenvalue weighted by Crippen LogP contribution is -2.27. The fraction of sp³-hybridized carbons (Fsp3) is 0.0667. The van der Waals surface area contributed by atoms with Crippen LogP contribution in [0.3, 0.4) is 0 Å². The Labute approximate surface area is 110 Å². The van der Waals surface area contributed by atoms with Gasteiger partial charge in [-0.05, 0) is 11.6 Å². The summed E-state index contributed by atoms with van der Waals surface area (Å²) in [5, 5.41) is 11.8. The molecule has 0 aliphatic heterocycles. The molecule has 19 heavy (non-hydrogen) atoms. The van der Waals surface area contributed by atoms with Crippen molar-refractivity contribution in [1.82, 2.24) is 4.98 Å². The van der Waals surface area contributed by atoms with E-state index >= 15 is 0 Å². The lowest BCUT2D eigenvalue weighted by Gasteiger charge is -2.06. The van der Waals surface area contributed by atoms with Crippen LogP contribution in [-0.2, 0) is 6.61 Å². The average molecular weight is 252 g/mol. The SMILES string of the molecule is [O-][n+]1cc(OCc2ccccc2)nc2ccccc21. The lowest BCUT2D eigenvalue weighted by molar-refractivity contribution is -0.577. The normalized spacial score (nSPS) is 10.5. The summed E-state index contributed by atoms with van der Waals surface area (Å²) in [4.78, 5) is 4.31. The second-order valence-electron chi connectivity index (χ2n) is 4.17. The van der Waals surface area contributed by atoms with Crippen LogP contribution in [0.15, 0.2) is 60.8 Å². The molecule has 1 heterocycles. The van der Waals surface area contributed by atoms with Gasteiger partial charge in [0.2, 0.25) is 11.7 Å². The maximum Gasteiger partial charge on any atom is 0.282 e. The number of benzene rings is 2. The molecule has 0 radical (unpaired) electrons. The van der Waals surface area contributed by atoms with Gasteiger partial charge in [-0.15, -0.1) is 0 Å². The Kier molecular flexibility index (Phi) is 2.98. The van der Waals surface area contributed by atoms with Gasteiger partial charge in [0.05, 0.1) is 0 Å². The second kappa shape index (κ2) is 4.94. The first kappa shape index (κ1) is 11.5. The van der Waals surface area contributed by atoms with Crippen molar-refractivity contribution in [3.63, 3.8) is 0 Å². The molecule has 0 unspecified atom stereocenters. The second-order valence-corrected chi connectivity index (χ2v) is 4.17. The van der Waals surface area contributed by atoms with E-state index in [0.29, 0.717) is 23.5 Å². The zero-order valence-corrected chi connectivity index (χ0v) is 10.2. The summed E-state index contributed by atoms with van der Waals surface area (Å²) in [6.45, 7) is 0.395. The smallest absolute Gasteiger partial charge is 0.282 e. The van der Waals surface area contributed by atoms with Gasteiger partial charge in [-0.3, -0.25) is 0 Å². The highest BCUT2D eigenvalue weighted by molar-refractivity contribution is 5.70. The molecular weight excluding hydrogens is 240 g/mol. The number of hydrogen-bond acceptors (Lipinski definition) is 3. The van der Waals surface area contributed by atoms with E-state index in [-0.39, 0.29) is 0 Å². The van der Waals surface area contributed by atoms with Crippen LogP contribution in [0.25, 0.3) is 11.0 Å². The van der Waals surface area contributed by atoms with Crippen LogP contribution in [0, 0.1) is 5.21 Å². The van der Waals surface area contributed by atoms with Crippen molar-refractivity contribution in [3.8, 4) is 5.88 Å². The molecule has 0 saturated carbocycles. The Balaban J connectivity index is 1.85. The topological polar surface area (TPSA) is 49.1 Å². The summed E-state index contributed by atoms with van der Waals surface area (Å²) in [7, 11) is 0. The van der Waals surface area contributed by atoms with Crippen LogP contribution in [0.5, 0.6) is 5.88 Å². The Bertz CT molecular complexity index is 699. The third-order valence-electron chi connectivity index (χ3n) is 2.81. The van der Waals surface area contributed by atoms with Crippen molar-refractivity contribution in [2.75, 3.05) is 0 Å². The summed E-state index contributed by atoms with van der Waals surface area (Å²) in [6.07, 6.45) is 1.35. The van der Waals surface area contributed by atoms with E-state index in [1.54, 1.807) is 12.1 Å². The molecule has 94 valence electrons. The third kappa shape index (κ3) is 2.47. The standard InChI is InChI=1S/C15H12N2O2/c18-17-10-15(16-13-8-4-5-9-14(13)17)19-11-12-6-2-1-3-7-12/h1-10H,11H2. The number of rotatable bonds is 3. The van der Waals surface area contributed by atoms with Gasteiger partial charge in [0.25, 0.3) is 5.88 Å². The number of fused-ring (bicyclic) bond motifs is 1. The maximum atomic E-state index is 11.8. The molecule has 0 aliphatic rings. The lowest BCUT2D eigenvalue weighted by atomic mass is 10.2. The van der Waals surface area contributed by atoms with Crippen molar-refractivity contribution in [3.05, 3.63) is 71.6 Å². The van der Waals surface area contributed by atoms with Crippen LogP contribution < -0.4 is 9.47 Å². The van der Waals surface area contributed by atoms with Gasteiger partial charge in [0, 0.05) is 6.07 Å². The summed E-state index contributed by atoms with van der Waals surface area (Å²) in [6, 6.07) is 16.9. The summed E-state index contributed by atoms with van der Waals surface area (Å²) >= 11 is 0. The van der Waals surface area contributed by atoms with Gasteiger partial charge in [0.15, 0.2) is 0 Å². The number of hydrogen-bond donors (Lipinski definition) is 0. The quantitative estimate of drug-likeness (QED) is 0.531. The van der Waals surface area contributed by atoms with Gasteiger partial charge in [0.1, 0.15) is 12.1 Å². The summed E-state index contributed by atoms with van der Waals surface area (Å²) in [5.74, 6) is 0.331. The largest absolute Gasteiger partial charge is 0.618 e. The highest BCUT2D eigenvalue weighted by Gasteiger charge is 2.08. The van der Waals surface area contributed by atoms with E-state index in [1.165, 1.54) is 6.20 Å². The van der Waals surface area contributed by atoms with Gasteiger partial charge in [-0.1, -0.05) is 42.5 Å². The molecule has 0 fully saturated rings. The molecule has 3 aromatic rings. The zero-order chi connectivity index (χ0) is 13.1. The minimum Gasteiger partial charge on any atom is -0.618 e. The molecule has 0 bridgehead atoms. The van der Waals surface area contributed by atoms with Crippen molar-refractivity contribution in [2.24, 2.45) is 0 Å². The Morgan fingerprint density at radius 2 is 1.74 bits per heavy atom. The molecule has 3 rings (SSSR count). The van der Waals surface area contributed by atoms with E-state index in [4.69, 9.17) is 4.74 Å². The fourth-order valence-corrected chi connectivity index (χ4v) is 1.86. The van der Waals surface area contributed by atoms with Crippen LogP contribution in [-0.4, -0.2) is 4.98 Å². The van der Waals surface area contributed by atoms with Crippen LogP contribution in [0.2, 0.25) is 0 Å². The molecule has 0 amide bonds. The van der Waals surface area contributed by atoms with Gasteiger partial charge >= 0.3 is 0 Å². The Hall–Kier alpha value is -2.62. The number of aromatic nitrogens is 2. The predicted molar refractivity (Wildman–Crippen MR) is 71.5 cm³/mol. The molecular formula is C15H12N2O2. The van der Waals surface area contributed by atoms with E-state index in [2.05, 4.69) is 4.98 Å². The molecule has 4 heteroatoms. The molecule has 4 nitrogen and oxygen atoms in total. The highest BCUT2D eigenvalue weighted by Crippen LogP contribution is 2.13. The van der Waals surface area contributed by atoms with Crippen LogP contribution in [0.1, 0.15) is 5.56 Å². The minimum atomic E-state index is 0.331. The first-order valence-electron chi connectivity index (χ1n) is 5.98. The summed E-state index contributed by atoms with van der Waals surface area (Å²) < 4.78 is 6.33. The van der Waals surface area contributed by atoms with Crippen molar-refractivity contribution < 1.29 is 9.47 Å². The maximum absolute atomic E-state index is 11.8. The number of ether oxygens (including phenoxy) is 1. The van der Waals surface area contributed by atoms with E-state index in [1.807, 2.05) is 42.5 Å². The predicted octanol–water partition coefficient (Wildman–Crippen LogP) is 2.45. The molecule has 0 atom stereocenters. The van der Waals surface area contributed by atoms with Crippen LogP contribution in [0.4, 0.5) is 0 Å². The van der Waals surface area contributed by atoms with E-state index in [0.717, 1.165) is 10.3 Å². The molecule has 0 spiro atoms. The van der Waals surface area contributed by atoms with Crippen LogP contribution >= 0.6 is 0 Å². The monoisotopic (exact) mass is 252 g/mol. The summed E-state index contributed by atoms with van der Waals surface area (Å²) in [5.41, 5.74) is 2.20. The average Bonchev–Trinajstić information content (AvgIpc) is 2.46. The highest BCUT2D eigenvalue weighted by atomic mass is 16.5. The fourth-order valence-electron chi connectivity index (χ4n) is 1.86. The van der Waals surface area contributed by atoms with E-state index < -0.39 is 0 Å². The first-order valence-corrected chi connectivity index (χ1v) is 5.98. The third-order valence-corrected chi connectivity index (χ3v) is 2.81. The molecule has 0 aliphatic carbocycles. The van der Waals surface area contributed by atoms with Crippen molar-refractivity contribution in [1.29, 1.82) is 0 Å². The van der Waals surface area contributed by atoms with Gasteiger partial charge in [-0.2, -0.15) is 4.73 Å². The zero-order valence-electron chi connectivity index (χ0n) is 10.2. The van der Waals surface area contributed by atoms with Gasteiger partial charge in [-0.25, -0.2) is 4.98 Å². The Morgan fingerprint density at radius 3 is 2.58 bits per heavy atom. The number of nitrogens with zero attached hydrogens (tertiary/aromatic N) is 2. The number of para-hydroxylation sites is 2. The van der Waals surface area contributed by atoms with Crippen molar-refractivity contribution in [2.45, 2.75) is 6.61 Å².